The number of fused-ring (bicyclic) bond motifs is 5. The summed E-state index contributed by atoms with van der Waals surface area (Å²) < 4.78 is 17.6. The molecule has 1 saturated heterocycles. The summed E-state index contributed by atoms with van der Waals surface area (Å²) in [4.78, 5) is 11.2. The maximum atomic E-state index is 11.9. The summed E-state index contributed by atoms with van der Waals surface area (Å²) in [5.41, 5.74) is 0.874. The van der Waals surface area contributed by atoms with E-state index in [0.29, 0.717) is 37.2 Å². The van der Waals surface area contributed by atoms with Crippen LogP contribution in [0.1, 0.15) is 92.4 Å². The number of aliphatic hydroxyl groups excluding tert-OH is 6. The molecule has 0 radical (unpaired) electrons. The van der Waals surface area contributed by atoms with Gasteiger partial charge in [0.05, 0.1) is 31.5 Å². The molecule has 0 unspecified atom stereocenters. The fourth-order valence-corrected chi connectivity index (χ4v) is 10.4. The molecule has 0 amide bonds. The highest BCUT2D eigenvalue weighted by atomic mass is 16.7. The number of rotatable bonds is 10. The van der Waals surface area contributed by atoms with Gasteiger partial charge in [-0.05, 0) is 91.3 Å². The summed E-state index contributed by atoms with van der Waals surface area (Å²) in [5, 5.41) is 64.0. The Kier molecular flexibility index (Phi) is 10.8. The van der Waals surface area contributed by atoms with Crippen LogP contribution in [0.4, 0.5) is 0 Å². The van der Waals surface area contributed by atoms with Crippen LogP contribution in [0.25, 0.3) is 0 Å². The largest absolute Gasteiger partial charge is 0.466 e. The Morgan fingerprint density at radius 1 is 1.04 bits per heavy atom. The van der Waals surface area contributed by atoms with Crippen molar-refractivity contribution in [2.45, 2.75) is 141 Å². The molecular formula is C35H58O10. The molecule has 16 atom stereocenters. The molecule has 1 aliphatic heterocycles. The number of carbonyl (C=O) groups excluding carboxylic acids is 1. The van der Waals surface area contributed by atoms with Gasteiger partial charge in [-0.25, -0.2) is 0 Å². The zero-order valence-electron chi connectivity index (χ0n) is 27.8. The minimum absolute atomic E-state index is 0.0528. The Labute approximate surface area is 268 Å². The third-order valence-corrected chi connectivity index (χ3v) is 12.9. The summed E-state index contributed by atoms with van der Waals surface area (Å²) in [5.74, 6) is 0.838. The fourth-order valence-electron chi connectivity index (χ4n) is 10.4. The molecule has 3 saturated carbocycles. The van der Waals surface area contributed by atoms with Gasteiger partial charge in [-0.1, -0.05) is 52.2 Å². The normalized spacial score (nSPS) is 47.6. The molecule has 4 fully saturated rings. The highest BCUT2D eigenvalue weighted by molar-refractivity contribution is 5.65. The number of ether oxygens (including phenoxy) is 3. The number of carbonyl (C=O) groups is 1. The van der Waals surface area contributed by atoms with Crippen LogP contribution in [0.5, 0.6) is 0 Å². The summed E-state index contributed by atoms with van der Waals surface area (Å²) in [6.07, 6.45) is 1.59. The Balaban J connectivity index is 1.39. The molecule has 1 heterocycles. The van der Waals surface area contributed by atoms with Gasteiger partial charge in [0.25, 0.3) is 0 Å². The molecule has 0 bridgehead atoms. The molecular weight excluding hydrogens is 580 g/mol. The average molecular weight is 639 g/mol. The van der Waals surface area contributed by atoms with Crippen molar-refractivity contribution in [3.63, 3.8) is 0 Å². The molecule has 0 spiro atoms. The van der Waals surface area contributed by atoms with Crippen molar-refractivity contribution >= 4 is 5.97 Å². The van der Waals surface area contributed by atoms with Gasteiger partial charge >= 0.3 is 5.97 Å². The molecule has 5 aliphatic rings. The quantitative estimate of drug-likeness (QED) is 0.155. The van der Waals surface area contributed by atoms with Gasteiger partial charge in [-0.15, -0.1) is 0 Å². The van der Waals surface area contributed by atoms with Crippen LogP contribution in [0, 0.1) is 46.3 Å². The summed E-state index contributed by atoms with van der Waals surface area (Å²) in [6.45, 7) is 10.4. The lowest BCUT2D eigenvalue weighted by Gasteiger charge is -2.60. The minimum Gasteiger partial charge on any atom is -0.466 e. The van der Waals surface area contributed by atoms with Crippen LogP contribution in [-0.2, 0) is 19.0 Å². The van der Waals surface area contributed by atoms with E-state index in [-0.39, 0.29) is 34.6 Å². The predicted molar refractivity (Wildman–Crippen MR) is 165 cm³/mol. The van der Waals surface area contributed by atoms with E-state index in [1.54, 1.807) is 0 Å². The molecule has 45 heavy (non-hydrogen) atoms. The standard InChI is InChI=1S/C35H58O10/c1-18(17-43-20(3)37)7-6-8-19(2)24-15-25(39)29-28-23(10-12-35(24,29)5)34(4)11-9-22(38)13-21(34)14-26(28)44-33-32(42)31(41)30(40)27(16-36)45-33/h14,18-19,22-33,36,38-42H,6-13,15-17H2,1-5H3/t18-,19-,22+,23+,24-,25+,26-,27-,28+,29+,30+,31+,32-,33-,34+,35-/m1/s1. The maximum Gasteiger partial charge on any atom is 0.302 e. The van der Waals surface area contributed by atoms with Gasteiger partial charge in [0.15, 0.2) is 6.29 Å². The Morgan fingerprint density at radius 2 is 1.78 bits per heavy atom. The molecule has 0 aromatic carbocycles. The molecule has 4 aliphatic carbocycles. The van der Waals surface area contributed by atoms with Gasteiger partial charge in [-0.2, -0.15) is 0 Å². The van der Waals surface area contributed by atoms with Crippen LogP contribution in [0.3, 0.4) is 0 Å². The maximum absolute atomic E-state index is 11.9. The van der Waals surface area contributed by atoms with Crippen LogP contribution in [0.2, 0.25) is 0 Å². The first kappa shape index (κ1) is 35.2. The lowest BCUT2D eigenvalue weighted by Crippen LogP contribution is -2.62. The summed E-state index contributed by atoms with van der Waals surface area (Å²) in [6, 6.07) is 0. The SMILES string of the molecule is CC(=O)OC[C@H](C)CCC[C@@H](C)[C@H]1C[C@H](O)[C@H]2[C@@H]3[C@H](O[C@@H]4O[C@H](CO)[C@H](O)[C@H](O)[C@H]4O)C=C4C[C@@H](O)CC[C@]4(C)[C@H]3CC[C@@]21C. The number of hydrogen-bond acceptors (Lipinski definition) is 10. The molecule has 5 rings (SSSR count). The Bertz CT molecular complexity index is 1070. The summed E-state index contributed by atoms with van der Waals surface area (Å²) >= 11 is 0. The highest BCUT2D eigenvalue weighted by Gasteiger charge is 2.64. The lowest BCUT2D eigenvalue weighted by atomic mass is 9.46. The van der Waals surface area contributed by atoms with Crippen LogP contribution < -0.4 is 0 Å². The second-order valence-electron chi connectivity index (χ2n) is 15.8. The van der Waals surface area contributed by atoms with Crippen molar-refractivity contribution < 1.29 is 49.6 Å². The van der Waals surface area contributed by atoms with E-state index >= 15 is 0 Å². The second kappa shape index (κ2) is 13.8. The smallest absolute Gasteiger partial charge is 0.302 e. The van der Waals surface area contributed by atoms with Crippen molar-refractivity contribution in [3.8, 4) is 0 Å². The number of hydrogen-bond donors (Lipinski definition) is 6. The Hall–Kier alpha value is -1.11. The first-order chi connectivity index (χ1) is 21.2. The van der Waals surface area contributed by atoms with Crippen molar-refractivity contribution in [1.82, 2.24) is 0 Å². The van der Waals surface area contributed by atoms with Crippen molar-refractivity contribution in [1.29, 1.82) is 0 Å². The van der Waals surface area contributed by atoms with E-state index < -0.39 is 55.6 Å². The zero-order valence-corrected chi connectivity index (χ0v) is 27.8. The van der Waals surface area contributed by atoms with Gasteiger partial charge in [0.1, 0.15) is 24.4 Å². The molecule has 0 aromatic rings. The minimum atomic E-state index is -1.54. The van der Waals surface area contributed by atoms with Crippen LogP contribution in [-0.4, -0.2) is 98.8 Å². The third-order valence-electron chi connectivity index (χ3n) is 12.9. The van der Waals surface area contributed by atoms with E-state index in [9.17, 15) is 35.4 Å². The van der Waals surface area contributed by atoms with E-state index in [1.807, 2.05) is 0 Å². The van der Waals surface area contributed by atoms with E-state index in [4.69, 9.17) is 14.2 Å². The van der Waals surface area contributed by atoms with Crippen molar-refractivity contribution in [2.75, 3.05) is 13.2 Å². The van der Waals surface area contributed by atoms with Gasteiger partial charge < -0.3 is 44.8 Å². The van der Waals surface area contributed by atoms with Gasteiger partial charge in [0, 0.05) is 6.92 Å². The lowest BCUT2D eigenvalue weighted by molar-refractivity contribution is -0.317. The number of esters is 1. The van der Waals surface area contributed by atoms with E-state index in [2.05, 4.69) is 33.8 Å². The monoisotopic (exact) mass is 638 g/mol. The van der Waals surface area contributed by atoms with Crippen molar-refractivity contribution in [2.24, 2.45) is 46.3 Å². The second-order valence-corrected chi connectivity index (χ2v) is 15.8. The first-order valence-electron chi connectivity index (χ1n) is 17.4. The highest BCUT2D eigenvalue weighted by Crippen LogP contribution is 2.67. The predicted octanol–water partition coefficient (Wildman–Crippen LogP) is 2.70. The Morgan fingerprint density at radius 3 is 2.47 bits per heavy atom. The molecule has 10 heteroatoms. The molecule has 0 aromatic heterocycles. The first-order valence-corrected chi connectivity index (χ1v) is 17.4. The fraction of sp³-hybridized carbons (Fsp3) is 0.914. The zero-order chi connectivity index (χ0) is 32.8. The van der Waals surface area contributed by atoms with E-state index in [0.717, 1.165) is 50.5 Å². The third kappa shape index (κ3) is 6.64. The van der Waals surface area contributed by atoms with Gasteiger partial charge in [0.2, 0.25) is 0 Å². The summed E-state index contributed by atoms with van der Waals surface area (Å²) in [7, 11) is 0. The molecule has 10 nitrogen and oxygen atoms in total. The molecule has 6 N–H and O–H groups in total. The molecule has 258 valence electrons. The average Bonchev–Trinajstić information content (AvgIpc) is 3.27. The van der Waals surface area contributed by atoms with Gasteiger partial charge in [-0.3, -0.25) is 4.79 Å². The van der Waals surface area contributed by atoms with Crippen LogP contribution in [0.15, 0.2) is 11.6 Å². The van der Waals surface area contributed by atoms with Crippen LogP contribution >= 0.6 is 0 Å². The topological polar surface area (TPSA) is 166 Å². The number of aliphatic hydroxyl groups is 6. The van der Waals surface area contributed by atoms with E-state index in [1.165, 1.54) is 6.92 Å². The van der Waals surface area contributed by atoms with Crippen molar-refractivity contribution in [3.05, 3.63) is 11.6 Å².